The summed E-state index contributed by atoms with van der Waals surface area (Å²) in [6.45, 7) is 10.9. The lowest BCUT2D eigenvalue weighted by atomic mass is 9.86. The molecule has 2 rings (SSSR count). The van der Waals surface area contributed by atoms with Crippen molar-refractivity contribution in [2.45, 2.75) is 46.1 Å². The van der Waals surface area contributed by atoms with Gasteiger partial charge in [0, 0.05) is 10.2 Å². The monoisotopic (exact) mass is 404 g/mol. The topological polar surface area (TPSA) is 24.1 Å². The Hall–Kier alpha value is -1.39. The predicted octanol–water partition coefficient (Wildman–Crippen LogP) is 6.10. The van der Waals surface area contributed by atoms with Gasteiger partial charge >= 0.3 is 0 Å². The highest BCUT2D eigenvalue weighted by Crippen LogP contribution is 2.24. The summed E-state index contributed by atoms with van der Waals surface area (Å²) in [6.07, 6.45) is 0. The van der Waals surface area contributed by atoms with Crippen molar-refractivity contribution in [1.82, 2.24) is 5.32 Å². The van der Waals surface area contributed by atoms with E-state index in [1.54, 1.807) is 0 Å². The van der Waals surface area contributed by atoms with Crippen molar-refractivity contribution in [3.63, 3.8) is 0 Å². The quantitative estimate of drug-likeness (QED) is 0.603. The maximum Gasteiger partial charge on any atom is 0.171 e. The molecule has 2 aromatic carbocycles. The minimum absolute atomic E-state index is 0.149. The fourth-order valence-electron chi connectivity index (χ4n) is 2.44. The molecule has 1 atom stereocenters. The average Bonchev–Trinajstić information content (AvgIpc) is 2.50. The van der Waals surface area contributed by atoms with Gasteiger partial charge in [0.1, 0.15) is 0 Å². The van der Waals surface area contributed by atoms with E-state index in [0.717, 1.165) is 10.2 Å². The van der Waals surface area contributed by atoms with Crippen molar-refractivity contribution < 1.29 is 0 Å². The zero-order valence-electron chi connectivity index (χ0n) is 14.9. The molecule has 2 nitrogen and oxygen atoms in total. The Morgan fingerprint density at radius 3 is 2.25 bits per heavy atom. The molecule has 0 amide bonds. The Morgan fingerprint density at radius 1 is 1.08 bits per heavy atom. The summed E-state index contributed by atoms with van der Waals surface area (Å²) in [6, 6.07) is 15.0. The summed E-state index contributed by atoms with van der Waals surface area (Å²) in [5, 5.41) is 7.22. The van der Waals surface area contributed by atoms with Crippen LogP contribution in [0.25, 0.3) is 0 Å². The first-order valence-electron chi connectivity index (χ1n) is 8.11. The summed E-state index contributed by atoms with van der Waals surface area (Å²) < 4.78 is 1.10. The molecule has 0 heterocycles. The van der Waals surface area contributed by atoms with Crippen molar-refractivity contribution in [3.05, 3.63) is 63.6 Å². The molecule has 0 saturated carbocycles. The van der Waals surface area contributed by atoms with E-state index in [9.17, 15) is 0 Å². The molecule has 24 heavy (non-hydrogen) atoms. The molecule has 0 bridgehead atoms. The first-order chi connectivity index (χ1) is 11.2. The van der Waals surface area contributed by atoms with Gasteiger partial charge in [0.2, 0.25) is 0 Å². The molecule has 128 valence electrons. The Bertz CT molecular complexity index is 717. The minimum Gasteiger partial charge on any atom is -0.356 e. The van der Waals surface area contributed by atoms with E-state index in [2.05, 4.69) is 91.5 Å². The van der Waals surface area contributed by atoms with Crippen LogP contribution in [0.4, 0.5) is 5.69 Å². The first-order valence-corrected chi connectivity index (χ1v) is 9.31. The Balaban J connectivity index is 1.99. The number of nitrogens with one attached hydrogen (secondary N) is 2. The summed E-state index contributed by atoms with van der Waals surface area (Å²) >= 11 is 8.95. The third kappa shape index (κ3) is 5.05. The lowest BCUT2D eigenvalue weighted by Gasteiger charge is -2.21. The van der Waals surface area contributed by atoms with Crippen LogP contribution in [0.5, 0.6) is 0 Å². The number of thiocarbonyl (C=S) groups is 1. The van der Waals surface area contributed by atoms with Crippen molar-refractivity contribution in [2.24, 2.45) is 0 Å². The minimum atomic E-state index is 0.149. The zero-order valence-corrected chi connectivity index (χ0v) is 17.3. The second-order valence-electron chi connectivity index (χ2n) is 7.16. The SMILES string of the molecule is Cc1cc(NC(=S)NC(C)c2ccc(C(C)(C)C)cc2)ccc1Br. The third-order valence-corrected chi connectivity index (χ3v) is 5.15. The fraction of sp³-hybridized carbons (Fsp3) is 0.350. The maximum atomic E-state index is 5.44. The maximum absolute atomic E-state index is 5.44. The molecule has 0 aliphatic heterocycles. The van der Waals surface area contributed by atoms with Crippen molar-refractivity contribution in [3.8, 4) is 0 Å². The largest absolute Gasteiger partial charge is 0.356 e. The number of rotatable bonds is 3. The molecule has 0 aromatic heterocycles. The van der Waals surface area contributed by atoms with Gasteiger partial charge in [-0.25, -0.2) is 0 Å². The predicted molar refractivity (Wildman–Crippen MR) is 112 cm³/mol. The molecule has 1 unspecified atom stereocenters. The van der Waals surface area contributed by atoms with Crippen LogP contribution < -0.4 is 10.6 Å². The van der Waals surface area contributed by atoms with Crippen molar-refractivity contribution in [1.29, 1.82) is 0 Å². The smallest absolute Gasteiger partial charge is 0.171 e. The molecule has 2 N–H and O–H groups in total. The van der Waals surface area contributed by atoms with Gasteiger partial charge in [-0.05, 0) is 66.4 Å². The van der Waals surface area contributed by atoms with E-state index < -0.39 is 0 Å². The van der Waals surface area contributed by atoms with Crippen LogP contribution in [-0.2, 0) is 5.41 Å². The fourth-order valence-corrected chi connectivity index (χ4v) is 2.98. The zero-order chi connectivity index (χ0) is 17.9. The number of anilines is 1. The molecule has 0 aliphatic rings. The summed E-state index contributed by atoms with van der Waals surface area (Å²) in [7, 11) is 0. The van der Waals surface area contributed by atoms with Crippen LogP contribution in [-0.4, -0.2) is 5.11 Å². The molecule has 0 saturated heterocycles. The van der Waals surface area contributed by atoms with Gasteiger partial charge in [-0.15, -0.1) is 0 Å². The van der Waals surface area contributed by atoms with Gasteiger partial charge in [0.15, 0.2) is 5.11 Å². The van der Waals surface area contributed by atoms with Crippen molar-refractivity contribution in [2.75, 3.05) is 5.32 Å². The number of hydrogen-bond acceptors (Lipinski definition) is 1. The molecule has 0 spiro atoms. The second-order valence-corrected chi connectivity index (χ2v) is 8.42. The summed E-state index contributed by atoms with van der Waals surface area (Å²) in [5.41, 5.74) is 4.90. The number of halogens is 1. The van der Waals surface area contributed by atoms with E-state index in [4.69, 9.17) is 12.2 Å². The number of aryl methyl sites for hydroxylation is 1. The highest BCUT2D eigenvalue weighted by molar-refractivity contribution is 9.10. The molecule has 0 fully saturated rings. The Morgan fingerprint density at radius 2 is 1.71 bits per heavy atom. The Kier molecular flexibility index (Phi) is 6.05. The molecular weight excluding hydrogens is 380 g/mol. The van der Waals surface area contributed by atoms with E-state index in [0.29, 0.717) is 5.11 Å². The molecule has 4 heteroatoms. The van der Waals surface area contributed by atoms with Crippen molar-refractivity contribution >= 4 is 38.9 Å². The normalized spacial score (nSPS) is 12.6. The van der Waals surface area contributed by atoms with E-state index in [-0.39, 0.29) is 11.5 Å². The summed E-state index contributed by atoms with van der Waals surface area (Å²) in [4.78, 5) is 0. The average molecular weight is 405 g/mol. The van der Waals surface area contributed by atoms with E-state index in [1.807, 2.05) is 12.1 Å². The molecular formula is C20H25BrN2S. The van der Waals surface area contributed by atoms with Gasteiger partial charge in [-0.3, -0.25) is 0 Å². The van der Waals surface area contributed by atoms with Crippen LogP contribution in [0, 0.1) is 6.92 Å². The highest BCUT2D eigenvalue weighted by Gasteiger charge is 2.14. The summed E-state index contributed by atoms with van der Waals surface area (Å²) in [5.74, 6) is 0. The Labute approximate surface area is 159 Å². The molecule has 0 radical (unpaired) electrons. The lowest BCUT2D eigenvalue weighted by molar-refractivity contribution is 0.589. The van der Waals surface area contributed by atoms with Gasteiger partial charge in [0.25, 0.3) is 0 Å². The number of benzene rings is 2. The van der Waals surface area contributed by atoms with Gasteiger partial charge in [-0.2, -0.15) is 0 Å². The lowest BCUT2D eigenvalue weighted by Crippen LogP contribution is -2.31. The van der Waals surface area contributed by atoms with Crippen LogP contribution in [0.15, 0.2) is 46.9 Å². The van der Waals surface area contributed by atoms with Crippen LogP contribution in [0.3, 0.4) is 0 Å². The van der Waals surface area contributed by atoms with Crippen LogP contribution in [0.1, 0.15) is 50.4 Å². The standard InChI is InChI=1S/C20H25BrN2S/c1-13-12-17(10-11-18(13)21)23-19(24)22-14(2)15-6-8-16(9-7-15)20(3,4)5/h6-12,14H,1-5H3,(H2,22,23,24). The van der Waals surface area contributed by atoms with E-state index >= 15 is 0 Å². The molecule has 2 aromatic rings. The van der Waals surface area contributed by atoms with E-state index in [1.165, 1.54) is 16.7 Å². The van der Waals surface area contributed by atoms with Gasteiger partial charge in [0.05, 0.1) is 6.04 Å². The molecule has 0 aliphatic carbocycles. The number of hydrogen-bond donors (Lipinski definition) is 2. The van der Waals surface area contributed by atoms with Crippen LogP contribution >= 0.6 is 28.1 Å². The third-order valence-electron chi connectivity index (χ3n) is 4.04. The first kappa shape index (κ1) is 18.9. The van der Waals surface area contributed by atoms with Gasteiger partial charge in [-0.1, -0.05) is 61.0 Å². The highest BCUT2D eigenvalue weighted by atomic mass is 79.9. The second kappa shape index (κ2) is 7.66. The van der Waals surface area contributed by atoms with Gasteiger partial charge < -0.3 is 10.6 Å². The van der Waals surface area contributed by atoms with Crippen LogP contribution in [0.2, 0.25) is 0 Å².